The summed E-state index contributed by atoms with van der Waals surface area (Å²) >= 11 is 0. The Bertz CT molecular complexity index is 855. The summed E-state index contributed by atoms with van der Waals surface area (Å²) < 4.78 is 19.7. The highest BCUT2D eigenvalue weighted by atomic mass is 19.1. The van der Waals surface area contributed by atoms with Gasteiger partial charge in [0.2, 0.25) is 5.88 Å². The monoisotopic (exact) mass is 353 g/mol. The predicted octanol–water partition coefficient (Wildman–Crippen LogP) is 3.51. The molecule has 0 unspecified atom stereocenters. The first kappa shape index (κ1) is 16.7. The molecule has 1 fully saturated rings. The molecule has 0 amide bonds. The molecule has 0 spiro atoms. The van der Waals surface area contributed by atoms with E-state index in [1.54, 1.807) is 36.8 Å². The van der Waals surface area contributed by atoms with Gasteiger partial charge in [-0.15, -0.1) is 0 Å². The van der Waals surface area contributed by atoms with Crippen LogP contribution in [0, 0.1) is 5.82 Å². The Morgan fingerprint density at radius 2 is 2.04 bits per heavy atom. The number of hydrogen-bond acceptors (Lipinski definition) is 5. The summed E-state index contributed by atoms with van der Waals surface area (Å²) in [7, 11) is 0. The number of benzene rings is 1. The number of nitrogens with zero attached hydrogens (tertiary/aromatic N) is 4. The van der Waals surface area contributed by atoms with E-state index >= 15 is 0 Å². The second-order valence-corrected chi connectivity index (χ2v) is 6.39. The third-order valence-electron chi connectivity index (χ3n) is 4.55. The van der Waals surface area contributed by atoms with Crippen LogP contribution < -0.4 is 4.74 Å². The lowest BCUT2D eigenvalue weighted by atomic mass is 9.94. The van der Waals surface area contributed by atoms with E-state index in [1.807, 2.05) is 6.20 Å². The number of imidazole rings is 1. The molecular weight excluding hydrogens is 333 g/mol. The standard InChI is InChI=1S/C19H20FN5O/c20-15-5-1-2-6-16(15)26-19-18(23-9-10-24-19)14-4-3-11-25(12-14)13-17-21-7-8-22-17/h1-2,5-10,14H,3-4,11-13H2,(H,21,22)/t14-/m1/s1. The molecular formula is C19H20FN5O. The lowest BCUT2D eigenvalue weighted by Gasteiger charge is -2.32. The van der Waals surface area contributed by atoms with Crippen molar-refractivity contribution < 1.29 is 9.13 Å². The lowest BCUT2D eigenvalue weighted by molar-refractivity contribution is 0.192. The van der Waals surface area contributed by atoms with E-state index in [1.165, 1.54) is 6.07 Å². The van der Waals surface area contributed by atoms with Crippen molar-refractivity contribution in [3.63, 3.8) is 0 Å². The molecule has 1 atom stereocenters. The van der Waals surface area contributed by atoms with Crippen LogP contribution in [0.1, 0.15) is 30.3 Å². The number of nitrogens with one attached hydrogen (secondary N) is 1. The van der Waals surface area contributed by atoms with Gasteiger partial charge in [-0.2, -0.15) is 0 Å². The molecule has 26 heavy (non-hydrogen) atoms. The van der Waals surface area contributed by atoms with Crippen LogP contribution >= 0.6 is 0 Å². The van der Waals surface area contributed by atoms with Crippen molar-refractivity contribution in [1.82, 2.24) is 24.8 Å². The highest BCUT2D eigenvalue weighted by molar-refractivity contribution is 5.32. The van der Waals surface area contributed by atoms with Crippen LogP contribution in [-0.2, 0) is 6.54 Å². The Kier molecular flexibility index (Phi) is 4.88. The number of aromatic nitrogens is 4. The molecule has 7 heteroatoms. The van der Waals surface area contributed by atoms with Gasteiger partial charge in [0.1, 0.15) is 11.5 Å². The molecule has 1 saturated heterocycles. The maximum absolute atomic E-state index is 13.9. The third-order valence-corrected chi connectivity index (χ3v) is 4.55. The fourth-order valence-electron chi connectivity index (χ4n) is 3.34. The van der Waals surface area contributed by atoms with E-state index in [4.69, 9.17) is 4.74 Å². The maximum Gasteiger partial charge on any atom is 0.241 e. The number of ether oxygens (including phenoxy) is 1. The lowest BCUT2D eigenvalue weighted by Crippen LogP contribution is -2.34. The Morgan fingerprint density at radius 3 is 2.88 bits per heavy atom. The van der Waals surface area contributed by atoms with Crippen LogP contribution in [0.4, 0.5) is 4.39 Å². The highest BCUT2D eigenvalue weighted by Gasteiger charge is 2.26. The van der Waals surface area contributed by atoms with Gasteiger partial charge in [0.05, 0.1) is 6.54 Å². The van der Waals surface area contributed by atoms with Gasteiger partial charge < -0.3 is 9.72 Å². The van der Waals surface area contributed by atoms with E-state index in [9.17, 15) is 4.39 Å². The molecule has 1 aromatic carbocycles. The van der Waals surface area contributed by atoms with Crippen molar-refractivity contribution >= 4 is 0 Å². The molecule has 0 aliphatic carbocycles. The Hall–Kier alpha value is -2.80. The van der Waals surface area contributed by atoms with Crippen molar-refractivity contribution in [3.8, 4) is 11.6 Å². The summed E-state index contributed by atoms with van der Waals surface area (Å²) in [6.45, 7) is 2.63. The summed E-state index contributed by atoms with van der Waals surface area (Å²) in [6.07, 6.45) is 8.89. The Labute approximate surface area is 151 Å². The number of rotatable bonds is 5. The predicted molar refractivity (Wildman–Crippen MR) is 94.3 cm³/mol. The molecule has 3 aromatic rings. The first-order valence-corrected chi connectivity index (χ1v) is 8.73. The maximum atomic E-state index is 13.9. The van der Waals surface area contributed by atoms with Crippen molar-refractivity contribution in [2.24, 2.45) is 0 Å². The summed E-state index contributed by atoms with van der Waals surface area (Å²) in [5, 5.41) is 0. The molecule has 0 saturated carbocycles. The number of para-hydroxylation sites is 1. The average molecular weight is 353 g/mol. The molecule has 1 aliphatic rings. The van der Waals surface area contributed by atoms with Gasteiger partial charge >= 0.3 is 0 Å². The molecule has 3 heterocycles. The highest BCUT2D eigenvalue weighted by Crippen LogP contribution is 2.33. The third kappa shape index (κ3) is 3.72. The second kappa shape index (κ2) is 7.61. The fourth-order valence-corrected chi connectivity index (χ4v) is 3.34. The first-order valence-electron chi connectivity index (χ1n) is 8.73. The van der Waals surface area contributed by atoms with Crippen molar-refractivity contribution in [2.75, 3.05) is 13.1 Å². The van der Waals surface area contributed by atoms with E-state index in [0.717, 1.165) is 44.0 Å². The molecule has 0 radical (unpaired) electrons. The smallest absolute Gasteiger partial charge is 0.241 e. The van der Waals surface area contributed by atoms with Crippen LogP contribution in [0.2, 0.25) is 0 Å². The Balaban J connectivity index is 1.53. The number of halogens is 1. The van der Waals surface area contributed by atoms with Gasteiger partial charge in [0.15, 0.2) is 11.6 Å². The SMILES string of the molecule is Fc1ccccc1Oc1nccnc1[C@@H]1CCCN(Cc2ncc[nH]2)C1. The van der Waals surface area contributed by atoms with Gasteiger partial charge in [0, 0.05) is 37.3 Å². The van der Waals surface area contributed by atoms with Crippen LogP contribution in [0.15, 0.2) is 49.1 Å². The number of likely N-dealkylation sites (tertiary alicyclic amines) is 1. The number of aromatic amines is 1. The average Bonchev–Trinajstić information content (AvgIpc) is 3.17. The molecule has 1 aliphatic heterocycles. The normalized spacial score (nSPS) is 18.0. The summed E-state index contributed by atoms with van der Waals surface area (Å²) in [5.74, 6) is 1.27. The zero-order valence-electron chi connectivity index (χ0n) is 14.3. The van der Waals surface area contributed by atoms with E-state index in [2.05, 4.69) is 24.8 Å². The molecule has 6 nitrogen and oxygen atoms in total. The topological polar surface area (TPSA) is 66.9 Å². The summed E-state index contributed by atoms with van der Waals surface area (Å²) in [4.78, 5) is 18.6. The van der Waals surface area contributed by atoms with Gasteiger partial charge in [-0.1, -0.05) is 12.1 Å². The fraction of sp³-hybridized carbons (Fsp3) is 0.316. The van der Waals surface area contributed by atoms with Crippen molar-refractivity contribution in [1.29, 1.82) is 0 Å². The van der Waals surface area contributed by atoms with Crippen molar-refractivity contribution in [3.05, 3.63) is 66.4 Å². The quantitative estimate of drug-likeness (QED) is 0.760. The largest absolute Gasteiger partial charge is 0.434 e. The molecule has 2 aromatic heterocycles. The van der Waals surface area contributed by atoms with Crippen LogP contribution in [-0.4, -0.2) is 37.9 Å². The van der Waals surface area contributed by atoms with Crippen LogP contribution in [0.5, 0.6) is 11.6 Å². The van der Waals surface area contributed by atoms with Gasteiger partial charge in [0.25, 0.3) is 0 Å². The van der Waals surface area contributed by atoms with Gasteiger partial charge in [-0.3, -0.25) is 9.88 Å². The number of hydrogen-bond donors (Lipinski definition) is 1. The first-order chi connectivity index (χ1) is 12.8. The molecule has 0 bridgehead atoms. The second-order valence-electron chi connectivity index (χ2n) is 6.39. The van der Waals surface area contributed by atoms with Gasteiger partial charge in [-0.25, -0.2) is 14.4 Å². The zero-order valence-corrected chi connectivity index (χ0v) is 14.3. The van der Waals surface area contributed by atoms with Gasteiger partial charge in [-0.05, 0) is 31.5 Å². The molecule has 134 valence electrons. The molecule has 4 rings (SSSR count). The summed E-state index contributed by atoms with van der Waals surface area (Å²) in [6, 6.07) is 6.34. The molecule has 1 N–H and O–H groups in total. The minimum atomic E-state index is -0.410. The van der Waals surface area contributed by atoms with E-state index < -0.39 is 5.82 Å². The zero-order chi connectivity index (χ0) is 17.8. The number of H-pyrrole nitrogens is 1. The minimum Gasteiger partial charge on any atom is -0.434 e. The summed E-state index contributed by atoms with van der Waals surface area (Å²) in [5.41, 5.74) is 0.778. The minimum absolute atomic E-state index is 0.164. The number of piperidine rings is 1. The van der Waals surface area contributed by atoms with Crippen LogP contribution in [0.3, 0.4) is 0 Å². The Morgan fingerprint density at radius 1 is 1.15 bits per heavy atom. The van der Waals surface area contributed by atoms with E-state index in [0.29, 0.717) is 5.88 Å². The van der Waals surface area contributed by atoms with E-state index in [-0.39, 0.29) is 11.7 Å². The van der Waals surface area contributed by atoms with Crippen molar-refractivity contribution in [2.45, 2.75) is 25.3 Å². The van der Waals surface area contributed by atoms with Crippen LogP contribution in [0.25, 0.3) is 0 Å².